The fraction of sp³-hybridized carbons (Fsp3) is 0.571. The molecule has 1 atom stereocenters. The zero-order valence-corrected chi connectivity index (χ0v) is 11.6. The van der Waals surface area contributed by atoms with E-state index in [1.54, 1.807) is 12.1 Å². The van der Waals surface area contributed by atoms with Gasteiger partial charge in [-0.1, -0.05) is 0 Å². The van der Waals surface area contributed by atoms with Gasteiger partial charge in [0.15, 0.2) is 0 Å². The predicted octanol–water partition coefficient (Wildman–Crippen LogP) is 1.05. The first-order valence-electron chi connectivity index (χ1n) is 6.76. The molecule has 1 amide bonds. The molecule has 1 aromatic heterocycles. The Labute approximate surface area is 114 Å². The number of pyridine rings is 1. The highest BCUT2D eigenvalue weighted by Crippen LogP contribution is 2.24. The van der Waals surface area contributed by atoms with E-state index < -0.39 is 5.91 Å². The Balaban J connectivity index is 2.13. The van der Waals surface area contributed by atoms with Gasteiger partial charge in [-0.15, -0.1) is 0 Å². The lowest BCUT2D eigenvalue weighted by atomic mass is 9.91. The second kappa shape index (κ2) is 5.57. The minimum absolute atomic E-state index is 0.244. The molecule has 2 heterocycles. The fourth-order valence-corrected chi connectivity index (χ4v) is 2.61. The number of carbonyl (C=O) groups is 1. The van der Waals surface area contributed by atoms with E-state index in [4.69, 9.17) is 11.5 Å². The molecule has 0 aliphatic carbocycles. The summed E-state index contributed by atoms with van der Waals surface area (Å²) >= 11 is 0. The van der Waals surface area contributed by atoms with E-state index in [1.807, 2.05) is 6.92 Å². The summed E-state index contributed by atoms with van der Waals surface area (Å²) in [5, 5.41) is 0. The minimum atomic E-state index is -0.405. The molecule has 5 nitrogen and oxygen atoms in total. The van der Waals surface area contributed by atoms with Crippen molar-refractivity contribution in [2.75, 3.05) is 18.0 Å². The Morgan fingerprint density at radius 3 is 2.58 bits per heavy atom. The van der Waals surface area contributed by atoms with Gasteiger partial charge in [0, 0.05) is 30.4 Å². The molecule has 104 valence electrons. The van der Waals surface area contributed by atoms with E-state index in [9.17, 15) is 4.79 Å². The number of amides is 1. The number of rotatable bonds is 3. The van der Waals surface area contributed by atoms with E-state index in [0.717, 1.165) is 37.4 Å². The Morgan fingerprint density at radius 1 is 1.42 bits per heavy atom. The third-order valence-electron chi connectivity index (χ3n) is 3.83. The van der Waals surface area contributed by atoms with Gasteiger partial charge in [0.2, 0.25) is 5.91 Å². The minimum Gasteiger partial charge on any atom is -0.366 e. The standard InChI is InChI=1S/C14H22N4O/c1-9-7-12(14(16)19)8-13(17-9)18-5-3-11(4-6-18)10(2)15/h7-8,10-11H,3-6,15H2,1-2H3,(H2,16,19). The van der Waals surface area contributed by atoms with Gasteiger partial charge in [-0.25, -0.2) is 4.98 Å². The van der Waals surface area contributed by atoms with Crippen LogP contribution in [0.1, 0.15) is 35.8 Å². The maximum atomic E-state index is 11.3. The van der Waals surface area contributed by atoms with Crippen molar-refractivity contribution >= 4 is 11.7 Å². The van der Waals surface area contributed by atoms with E-state index in [1.165, 1.54) is 0 Å². The predicted molar refractivity (Wildman–Crippen MR) is 76.1 cm³/mol. The van der Waals surface area contributed by atoms with Crippen LogP contribution in [0.4, 0.5) is 5.82 Å². The number of aryl methyl sites for hydroxylation is 1. The molecular weight excluding hydrogens is 240 g/mol. The summed E-state index contributed by atoms with van der Waals surface area (Å²) in [6, 6.07) is 3.75. The zero-order chi connectivity index (χ0) is 14.0. The molecule has 5 heteroatoms. The molecule has 0 aromatic carbocycles. The number of primary amides is 1. The van der Waals surface area contributed by atoms with E-state index >= 15 is 0 Å². The zero-order valence-electron chi connectivity index (χ0n) is 11.6. The molecule has 2 rings (SSSR count). The van der Waals surface area contributed by atoms with Crippen LogP contribution in [0, 0.1) is 12.8 Å². The van der Waals surface area contributed by atoms with Crippen LogP contribution in [0.5, 0.6) is 0 Å². The SMILES string of the molecule is Cc1cc(C(N)=O)cc(N2CCC(C(C)N)CC2)n1. The molecule has 0 spiro atoms. The summed E-state index contributed by atoms with van der Waals surface area (Å²) in [4.78, 5) is 18.0. The largest absolute Gasteiger partial charge is 0.366 e. The van der Waals surface area contributed by atoms with Crippen LogP contribution in [0.25, 0.3) is 0 Å². The molecule has 1 unspecified atom stereocenters. The van der Waals surface area contributed by atoms with Crippen LogP contribution < -0.4 is 16.4 Å². The highest BCUT2D eigenvalue weighted by Gasteiger charge is 2.23. The van der Waals surface area contributed by atoms with Crippen molar-refractivity contribution in [3.05, 3.63) is 23.4 Å². The molecule has 1 aliphatic heterocycles. The summed E-state index contributed by atoms with van der Waals surface area (Å²) in [5.41, 5.74) is 12.6. The second-order valence-electron chi connectivity index (χ2n) is 5.40. The van der Waals surface area contributed by atoms with Gasteiger partial charge >= 0.3 is 0 Å². The number of hydrogen-bond donors (Lipinski definition) is 2. The summed E-state index contributed by atoms with van der Waals surface area (Å²) in [5.74, 6) is 1.02. The van der Waals surface area contributed by atoms with Crippen LogP contribution in [0.2, 0.25) is 0 Å². The maximum Gasteiger partial charge on any atom is 0.248 e. The molecule has 0 bridgehead atoms. The lowest BCUT2D eigenvalue weighted by Gasteiger charge is -2.34. The van der Waals surface area contributed by atoms with Crippen molar-refractivity contribution in [1.29, 1.82) is 0 Å². The number of nitrogens with two attached hydrogens (primary N) is 2. The molecule has 1 aliphatic rings. The molecular formula is C14H22N4O. The van der Waals surface area contributed by atoms with Crippen molar-refractivity contribution in [3.63, 3.8) is 0 Å². The third-order valence-corrected chi connectivity index (χ3v) is 3.83. The topological polar surface area (TPSA) is 85.2 Å². The Kier molecular flexibility index (Phi) is 4.04. The van der Waals surface area contributed by atoms with Gasteiger partial charge in [-0.05, 0) is 44.7 Å². The van der Waals surface area contributed by atoms with Crippen molar-refractivity contribution in [2.45, 2.75) is 32.7 Å². The molecule has 1 aromatic rings. The smallest absolute Gasteiger partial charge is 0.248 e. The average molecular weight is 262 g/mol. The van der Waals surface area contributed by atoms with Crippen molar-refractivity contribution in [3.8, 4) is 0 Å². The first-order chi connectivity index (χ1) is 8.97. The first-order valence-corrected chi connectivity index (χ1v) is 6.76. The highest BCUT2D eigenvalue weighted by molar-refractivity contribution is 5.93. The molecule has 19 heavy (non-hydrogen) atoms. The Hall–Kier alpha value is -1.62. The Bertz CT molecular complexity index is 465. The monoisotopic (exact) mass is 262 g/mol. The molecule has 1 saturated heterocycles. The van der Waals surface area contributed by atoms with Crippen LogP contribution in [-0.4, -0.2) is 30.0 Å². The summed E-state index contributed by atoms with van der Waals surface area (Å²) < 4.78 is 0. The highest BCUT2D eigenvalue weighted by atomic mass is 16.1. The van der Waals surface area contributed by atoms with E-state index in [2.05, 4.69) is 16.8 Å². The second-order valence-corrected chi connectivity index (χ2v) is 5.40. The number of anilines is 1. The normalized spacial score (nSPS) is 18.4. The van der Waals surface area contributed by atoms with Crippen LogP contribution >= 0.6 is 0 Å². The number of carbonyl (C=O) groups excluding carboxylic acids is 1. The van der Waals surface area contributed by atoms with Gasteiger partial charge < -0.3 is 16.4 Å². The van der Waals surface area contributed by atoms with Crippen LogP contribution in [0.3, 0.4) is 0 Å². The van der Waals surface area contributed by atoms with Gasteiger partial charge in [-0.3, -0.25) is 4.79 Å². The van der Waals surface area contributed by atoms with Gasteiger partial charge in [0.25, 0.3) is 0 Å². The summed E-state index contributed by atoms with van der Waals surface area (Å²) in [6.45, 7) is 5.81. The van der Waals surface area contributed by atoms with Crippen molar-refractivity contribution < 1.29 is 4.79 Å². The number of aromatic nitrogens is 1. The van der Waals surface area contributed by atoms with Gasteiger partial charge in [-0.2, -0.15) is 0 Å². The molecule has 0 radical (unpaired) electrons. The number of hydrogen-bond acceptors (Lipinski definition) is 4. The van der Waals surface area contributed by atoms with E-state index in [0.29, 0.717) is 11.5 Å². The summed E-state index contributed by atoms with van der Waals surface area (Å²) in [6.07, 6.45) is 2.14. The van der Waals surface area contributed by atoms with Crippen molar-refractivity contribution in [1.82, 2.24) is 4.98 Å². The van der Waals surface area contributed by atoms with Crippen molar-refractivity contribution in [2.24, 2.45) is 17.4 Å². The average Bonchev–Trinajstić information content (AvgIpc) is 2.38. The fourth-order valence-electron chi connectivity index (χ4n) is 2.61. The van der Waals surface area contributed by atoms with Crippen LogP contribution in [-0.2, 0) is 0 Å². The van der Waals surface area contributed by atoms with Gasteiger partial charge in [0.05, 0.1) is 0 Å². The quantitative estimate of drug-likeness (QED) is 0.852. The third kappa shape index (κ3) is 3.23. The van der Waals surface area contributed by atoms with E-state index in [-0.39, 0.29) is 6.04 Å². The molecule has 0 saturated carbocycles. The first kappa shape index (κ1) is 13.8. The maximum absolute atomic E-state index is 11.3. The molecule has 4 N–H and O–H groups in total. The van der Waals surface area contributed by atoms with Gasteiger partial charge in [0.1, 0.15) is 5.82 Å². The molecule has 1 fully saturated rings. The number of nitrogens with zero attached hydrogens (tertiary/aromatic N) is 2. The van der Waals surface area contributed by atoms with Crippen LogP contribution in [0.15, 0.2) is 12.1 Å². The lowest BCUT2D eigenvalue weighted by Crippen LogP contribution is -2.40. The Morgan fingerprint density at radius 2 is 2.05 bits per heavy atom. The summed E-state index contributed by atoms with van der Waals surface area (Å²) in [7, 11) is 0. The lowest BCUT2D eigenvalue weighted by molar-refractivity contribution is 0.1000. The number of piperidine rings is 1.